The Kier molecular flexibility index (Phi) is 6.18. The van der Waals surface area contributed by atoms with Crippen LogP contribution in [0.1, 0.15) is 32.6 Å². The molecular weight excluding hydrogens is 312 g/mol. The molecule has 1 N–H and O–H groups in total. The van der Waals surface area contributed by atoms with Crippen molar-refractivity contribution >= 4 is 22.5 Å². The van der Waals surface area contributed by atoms with Gasteiger partial charge in [-0.25, -0.2) is 4.79 Å². The highest BCUT2D eigenvalue weighted by molar-refractivity contribution is 7.84. The zero-order valence-corrected chi connectivity index (χ0v) is 14.9. The van der Waals surface area contributed by atoms with Gasteiger partial charge in [0, 0.05) is 41.3 Å². The summed E-state index contributed by atoms with van der Waals surface area (Å²) in [5, 5.41) is 2.95. The summed E-state index contributed by atoms with van der Waals surface area (Å²) in [6.07, 6.45) is 5.59. The lowest BCUT2D eigenvalue weighted by Gasteiger charge is -2.38. The Morgan fingerprint density at radius 1 is 1.39 bits per heavy atom. The molecule has 128 valence electrons. The summed E-state index contributed by atoms with van der Waals surface area (Å²) < 4.78 is 16.8. The number of rotatable bonds is 6. The van der Waals surface area contributed by atoms with Crippen LogP contribution in [0.3, 0.4) is 0 Å². The molecule has 0 radical (unpaired) electrons. The van der Waals surface area contributed by atoms with E-state index in [1.165, 1.54) is 0 Å². The summed E-state index contributed by atoms with van der Waals surface area (Å²) >= 11 is 0. The lowest BCUT2D eigenvalue weighted by atomic mass is 9.91. The Morgan fingerprint density at radius 2 is 2.09 bits per heavy atom. The predicted octanol–water partition coefficient (Wildman–Crippen LogP) is 3.24. The summed E-state index contributed by atoms with van der Waals surface area (Å²) in [6.45, 7) is 3.46. The maximum Gasteiger partial charge on any atom is 0.322 e. The van der Waals surface area contributed by atoms with E-state index in [1.54, 1.807) is 37.6 Å². The Hall–Kier alpha value is -1.40. The van der Waals surface area contributed by atoms with Crippen LogP contribution in [0.2, 0.25) is 0 Å². The van der Waals surface area contributed by atoms with Gasteiger partial charge in [0.25, 0.3) is 0 Å². The van der Waals surface area contributed by atoms with Crippen molar-refractivity contribution in [1.82, 2.24) is 4.90 Å². The van der Waals surface area contributed by atoms with Crippen molar-refractivity contribution in [2.45, 2.75) is 43.0 Å². The molecule has 1 aromatic rings. The second kappa shape index (κ2) is 7.93. The molecule has 1 aliphatic heterocycles. The highest BCUT2D eigenvalue weighted by Crippen LogP contribution is 2.34. The third-order valence-electron chi connectivity index (χ3n) is 4.41. The zero-order chi connectivity index (χ0) is 16.9. The minimum Gasteiger partial charge on any atom is -0.382 e. The number of hydrogen-bond donors (Lipinski definition) is 1. The first kappa shape index (κ1) is 17.9. The zero-order valence-electron chi connectivity index (χ0n) is 14.1. The first-order chi connectivity index (χ1) is 11.0. The van der Waals surface area contributed by atoms with Crippen LogP contribution in [0.5, 0.6) is 0 Å². The molecule has 6 heteroatoms. The first-order valence-corrected chi connectivity index (χ1v) is 9.59. The standard InChI is InChI=1S/C17H26N2O3S/c1-4-10-17(13-22-2)11-5-12-19(17)16(20)18-14-6-8-15(9-7-14)23(3)21/h6-9H,4-5,10-13H2,1-3H3,(H,18,20)/t17-,23+/m0/s1. The topological polar surface area (TPSA) is 58.6 Å². The molecule has 0 unspecified atom stereocenters. The maximum atomic E-state index is 12.7. The Labute approximate surface area is 140 Å². The van der Waals surface area contributed by atoms with Gasteiger partial charge >= 0.3 is 6.03 Å². The number of carbonyl (C=O) groups excluding carboxylic acids is 1. The average Bonchev–Trinajstić information content (AvgIpc) is 2.92. The number of amides is 2. The molecule has 1 aliphatic rings. The number of hydrogen-bond acceptors (Lipinski definition) is 3. The maximum absolute atomic E-state index is 12.7. The summed E-state index contributed by atoms with van der Waals surface area (Å²) in [4.78, 5) is 15.4. The molecule has 0 spiro atoms. The number of likely N-dealkylation sites (tertiary alicyclic amines) is 1. The van der Waals surface area contributed by atoms with Gasteiger partial charge in [0.1, 0.15) is 0 Å². The van der Waals surface area contributed by atoms with Crippen LogP contribution in [0.4, 0.5) is 10.5 Å². The summed E-state index contributed by atoms with van der Waals surface area (Å²) in [5.41, 5.74) is 0.525. The van der Waals surface area contributed by atoms with Crippen molar-refractivity contribution in [3.63, 3.8) is 0 Å². The molecule has 2 atom stereocenters. The Bertz CT molecular complexity index is 553. The number of anilines is 1. The van der Waals surface area contributed by atoms with Crippen molar-refractivity contribution in [3.8, 4) is 0 Å². The second-order valence-electron chi connectivity index (χ2n) is 6.07. The van der Waals surface area contributed by atoms with E-state index in [4.69, 9.17) is 4.74 Å². The predicted molar refractivity (Wildman–Crippen MR) is 93.2 cm³/mol. The monoisotopic (exact) mass is 338 g/mol. The molecule has 0 saturated carbocycles. The van der Waals surface area contributed by atoms with Crippen LogP contribution in [0, 0.1) is 0 Å². The van der Waals surface area contributed by atoms with Crippen LogP contribution in [-0.2, 0) is 15.5 Å². The van der Waals surface area contributed by atoms with Gasteiger partial charge in [0.15, 0.2) is 0 Å². The number of methoxy groups -OCH3 is 1. The fourth-order valence-corrected chi connectivity index (χ4v) is 3.91. The molecule has 2 amide bonds. The molecule has 5 nitrogen and oxygen atoms in total. The van der Waals surface area contributed by atoms with Gasteiger partial charge in [0.05, 0.1) is 12.1 Å². The third kappa shape index (κ3) is 4.12. The van der Waals surface area contributed by atoms with E-state index in [1.807, 2.05) is 4.90 Å². The average molecular weight is 338 g/mol. The highest BCUT2D eigenvalue weighted by atomic mass is 32.2. The van der Waals surface area contributed by atoms with Gasteiger partial charge in [-0.3, -0.25) is 4.21 Å². The first-order valence-electron chi connectivity index (χ1n) is 8.03. The van der Waals surface area contributed by atoms with Gasteiger partial charge in [0.2, 0.25) is 0 Å². The fraction of sp³-hybridized carbons (Fsp3) is 0.588. The van der Waals surface area contributed by atoms with Gasteiger partial charge in [-0.05, 0) is 43.5 Å². The number of carbonyl (C=O) groups is 1. The van der Waals surface area contributed by atoms with Crippen LogP contribution < -0.4 is 5.32 Å². The van der Waals surface area contributed by atoms with Crippen molar-refractivity contribution in [3.05, 3.63) is 24.3 Å². The highest BCUT2D eigenvalue weighted by Gasteiger charge is 2.42. The molecule has 1 fully saturated rings. The van der Waals surface area contributed by atoms with Crippen LogP contribution in [-0.4, -0.2) is 47.2 Å². The number of benzene rings is 1. The molecule has 1 heterocycles. The van der Waals surface area contributed by atoms with Crippen LogP contribution >= 0.6 is 0 Å². The summed E-state index contributed by atoms with van der Waals surface area (Å²) in [7, 11) is 0.680. The van der Waals surface area contributed by atoms with Gasteiger partial charge < -0.3 is 15.0 Å². The molecule has 0 bridgehead atoms. The molecule has 1 saturated heterocycles. The minimum atomic E-state index is -1.01. The Balaban J connectivity index is 2.10. The number of urea groups is 1. The SMILES string of the molecule is CCC[C@@]1(COC)CCCN1C(=O)Nc1ccc([S@@](C)=O)cc1. The molecular formula is C17H26N2O3S. The van der Waals surface area contributed by atoms with E-state index in [0.29, 0.717) is 6.61 Å². The quantitative estimate of drug-likeness (QED) is 0.866. The number of ether oxygens (including phenoxy) is 1. The molecule has 0 aliphatic carbocycles. The van der Waals surface area contributed by atoms with E-state index < -0.39 is 10.8 Å². The lowest BCUT2D eigenvalue weighted by Crippen LogP contribution is -2.51. The van der Waals surface area contributed by atoms with Gasteiger partial charge in [-0.1, -0.05) is 13.3 Å². The summed E-state index contributed by atoms with van der Waals surface area (Å²) in [5.74, 6) is 0. The number of nitrogens with zero attached hydrogens (tertiary/aromatic N) is 1. The van der Waals surface area contributed by atoms with Crippen molar-refractivity contribution in [2.24, 2.45) is 0 Å². The van der Waals surface area contributed by atoms with Crippen molar-refractivity contribution < 1.29 is 13.7 Å². The normalized spacial score (nSPS) is 22.1. The lowest BCUT2D eigenvalue weighted by molar-refractivity contribution is 0.0540. The largest absolute Gasteiger partial charge is 0.382 e. The molecule has 2 rings (SSSR count). The van der Waals surface area contributed by atoms with Crippen LogP contribution in [0.15, 0.2) is 29.2 Å². The fourth-order valence-electron chi connectivity index (χ4n) is 3.39. The molecule has 0 aromatic heterocycles. The Morgan fingerprint density at radius 3 is 2.65 bits per heavy atom. The summed E-state index contributed by atoms with van der Waals surface area (Å²) in [6, 6.07) is 7.07. The van der Waals surface area contributed by atoms with E-state index in [0.717, 1.165) is 42.8 Å². The van der Waals surface area contributed by atoms with E-state index in [9.17, 15) is 9.00 Å². The molecule has 23 heavy (non-hydrogen) atoms. The third-order valence-corrected chi connectivity index (χ3v) is 5.34. The second-order valence-corrected chi connectivity index (χ2v) is 7.45. The number of nitrogens with one attached hydrogen (secondary N) is 1. The van der Waals surface area contributed by atoms with E-state index in [-0.39, 0.29) is 11.6 Å². The van der Waals surface area contributed by atoms with E-state index >= 15 is 0 Å². The minimum absolute atomic E-state index is 0.0848. The van der Waals surface area contributed by atoms with Crippen molar-refractivity contribution in [2.75, 3.05) is 31.8 Å². The van der Waals surface area contributed by atoms with E-state index in [2.05, 4.69) is 12.2 Å². The van der Waals surface area contributed by atoms with Crippen LogP contribution in [0.25, 0.3) is 0 Å². The van der Waals surface area contributed by atoms with Gasteiger partial charge in [-0.2, -0.15) is 0 Å². The van der Waals surface area contributed by atoms with Crippen molar-refractivity contribution in [1.29, 1.82) is 0 Å². The van der Waals surface area contributed by atoms with Gasteiger partial charge in [-0.15, -0.1) is 0 Å². The molecule has 1 aromatic carbocycles. The smallest absolute Gasteiger partial charge is 0.322 e.